The van der Waals surface area contributed by atoms with Crippen molar-refractivity contribution in [2.24, 2.45) is 0 Å². The van der Waals surface area contributed by atoms with Crippen molar-refractivity contribution in [3.63, 3.8) is 0 Å². The van der Waals surface area contributed by atoms with Crippen molar-refractivity contribution in [2.75, 3.05) is 14.2 Å². The van der Waals surface area contributed by atoms with Crippen molar-refractivity contribution in [1.29, 1.82) is 0 Å². The van der Waals surface area contributed by atoms with Crippen LogP contribution in [0.1, 0.15) is 12.5 Å². The van der Waals surface area contributed by atoms with E-state index in [1.807, 2.05) is 49.9 Å². The zero-order chi connectivity index (χ0) is 12.0. The van der Waals surface area contributed by atoms with Crippen LogP contribution in [-0.2, 0) is 13.3 Å². The first-order chi connectivity index (χ1) is 7.65. The van der Waals surface area contributed by atoms with Crippen molar-refractivity contribution >= 4 is 14.6 Å². The van der Waals surface area contributed by atoms with Crippen LogP contribution in [-0.4, -0.2) is 23.0 Å². The summed E-state index contributed by atoms with van der Waals surface area (Å²) in [5.41, 5.74) is 1.03. The molecule has 0 bridgehead atoms. The Morgan fingerprint density at radius 2 is 1.69 bits per heavy atom. The van der Waals surface area contributed by atoms with Crippen LogP contribution in [0.5, 0.6) is 0 Å². The first kappa shape index (κ1) is 13.0. The monoisotopic (exact) mass is 238 g/mol. The predicted molar refractivity (Wildman–Crippen MR) is 66.8 cm³/mol. The predicted octanol–water partition coefficient (Wildman–Crippen LogP) is 2.93. The van der Waals surface area contributed by atoms with Gasteiger partial charge in [0.1, 0.15) is 5.76 Å². The summed E-state index contributed by atoms with van der Waals surface area (Å²) in [5, 5.41) is 0. The Labute approximate surface area is 98.0 Å². The third kappa shape index (κ3) is 3.20. The Kier molecular flexibility index (Phi) is 4.73. The molecule has 0 aromatic heterocycles. The van der Waals surface area contributed by atoms with Gasteiger partial charge in [0, 0.05) is 26.3 Å². The van der Waals surface area contributed by atoms with E-state index in [0.717, 1.165) is 11.3 Å². The lowest BCUT2D eigenvalue weighted by molar-refractivity contribution is 0.157. The van der Waals surface area contributed by atoms with E-state index in [9.17, 15) is 0 Å². The summed E-state index contributed by atoms with van der Waals surface area (Å²) >= 11 is 0. The zero-order valence-electron chi connectivity index (χ0n) is 10.2. The molecule has 1 aromatic rings. The standard InChI is InChI=1S/C12H18O3Si/c1-5-12(11-9-7-6-8-10-11)15-16(4,13-2)14-3/h5-10H,1-4H3. The maximum absolute atomic E-state index is 5.83. The maximum atomic E-state index is 5.83. The highest BCUT2D eigenvalue weighted by Crippen LogP contribution is 2.21. The highest BCUT2D eigenvalue weighted by atomic mass is 28.4. The zero-order valence-corrected chi connectivity index (χ0v) is 11.2. The largest absolute Gasteiger partial charge is 0.562 e. The fourth-order valence-electron chi connectivity index (χ4n) is 1.25. The highest BCUT2D eigenvalue weighted by Gasteiger charge is 2.35. The molecular formula is C12H18O3Si. The van der Waals surface area contributed by atoms with E-state index >= 15 is 0 Å². The molecule has 0 radical (unpaired) electrons. The summed E-state index contributed by atoms with van der Waals surface area (Å²) in [6.07, 6.45) is 1.92. The summed E-state index contributed by atoms with van der Waals surface area (Å²) in [7, 11) is 0.678. The molecule has 0 aliphatic carbocycles. The molecule has 4 heteroatoms. The minimum atomic E-state index is -2.53. The van der Waals surface area contributed by atoms with Gasteiger partial charge in [-0.2, -0.15) is 0 Å². The van der Waals surface area contributed by atoms with E-state index in [-0.39, 0.29) is 0 Å². The minimum absolute atomic E-state index is 0.790. The normalized spacial score (nSPS) is 12.6. The molecule has 0 heterocycles. The van der Waals surface area contributed by atoms with Gasteiger partial charge in [0.15, 0.2) is 0 Å². The van der Waals surface area contributed by atoms with Crippen LogP contribution in [0.15, 0.2) is 36.4 Å². The van der Waals surface area contributed by atoms with E-state index in [4.69, 9.17) is 13.3 Å². The minimum Gasteiger partial charge on any atom is -0.501 e. The van der Waals surface area contributed by atoms with Crippen molar-refractivity contribution in [1.82, 2.24) is 0 Å². The van der Waals surface area contributed by atoms with Gasteiger partial charge < -0.3 is 13.3 Å². The van der Waals surface area contributed by atoms with Crippen molar-refractivity contribution in [3.8, 4) is 0 Å². The van der Waals surface area contributed by atoms with E-state index < -0.39 is 8.80 Å². The van der Waals surface area contributed by atoms with Gasteiger partial charge in [-0.3, -0.25) is 0 Å². The Balaban J connectivity index is 2.86. The van der Waals surface area contributed by atoms with E-state index in [2.05, 4.69) is 0 Å². The molecule has 1 rings (SSSR count). The van der Waals surface area contributed by atoms with Crippen molar-refractivity contribution in [3.05, 3.63) is 42.0 Å². The Morgan fingerprint density at radius 1 is 1.12 bits per heavy atom. The second-order valence-corrected chi connectivity index (χ2v) is 6.14. The molecular weight excluding hydrogens is 220 g/mol. The summed E-state index contributed by atoms with van der Waals surface area (Å²) in [4.78, 5) is 0. The fraction of sp³-hybridized carbons (Fsp3) is 0.333. The lowest BCUT2D eigenvalue weighted by Crippen LogP contribution is -2.39. The van der Waals surface area contributed by atoms with Crippen LogP contribution in [0.2, 0.25) is 6.55 Å². The number of rotatable bonds is 5. The van der Waals surface area contributed by atoms with E-state index in [0.29, 0.717) is 0 Å². The smallest absolute Gasteiger partial charge is 0.501 e. The molecule has 0 unspecified atom stereocenters. The summed E-state index contributed by atoms with van der Waals surface area (Å²) < 4.78 is 16.4. The maximum Gasteiger partial charge on any atom is 0.562 e. The molecule has 0 amide bonds. The van der Waals surface area contributed by atoms with Gasteiger partial charge in [-0.1, -0.05) is 30.3 Å². The van der Waals surface area contributed by atoms with Crippen LogP contribution < -0.4 is 0 Å². The molecule has 88 valence electrons. The summed E-state index contributed by atoms with van der Waals surface area (Å²) in [6, 6.07) is 9.91. The van der Waals surface area contributed by atoms with Gasteiger partial charge in [-0.15, -0.1) is 0 Å². The van der Waals surface area contributed by atoms with Crippen LogP contribution in [0.25, 0.3) is 5.76 Å². The molecule has 1 aromatic carbocycles. The topological polar surface area (TPSA) is 27.7 Å². The third-order valence-corrected chi connectivity index (χ3v) is 4.43. The van der Waals surface area contributed by atoms with Crippen LogP contribution in [0, 0.1) is 0 Å². The molecule has 0 atom stereocenters. The molecule has 0 N–H and O–H groups in total. The van der Waals surface area contributed by atoms with Gasteiger partial charge in [0.05, 0.1) is 0 Å². The van der Waals surface area contributed by atoms with Gasteiger partial charge in [0.25, 0.3) is 0 Å². The quantitative estimate of drug-likeness (QED) is 0.583. The number of benzene rings is 1. The van der Waals surface area contributed by atoms with Crippen LogP contribution in [0.3, 0.4) is 0 Å². The molecule has 0 aliphatic rings. The summed E-state index contributed by atoms with van der Waals surface area (Å²) in [6.45, 7) is 3.79. The average molecular weight is 238 g/mol. The highest BCUT2D eigenvalue weighted by molar-refractivity contribution is 6.60. The first-order valence-electron chi connectivity index (χ1n) is 5.16. The van der Waals surface area contributed by atoms with Gasteiger partial charge in [-0.25, -0.2) is 0 Å². The molecule has 0 fully saturated rings. The van der Waals surface area contributed by atoms with Gasteiger partial charge in [0.2, 0.25) is 0 Å². The number of hydrogen-bond donors (Lipinski definition) is 0. The van der Waals surface area contributed by atoms with E-state index in [1.54, 1.807) is 14.2 Å². The Morgan fingerprint density at radius 3 is 2.12 bits per heavy atom. The molecule has 0 aliphatic heterocycles. The molecule has 0 spiro atoms. The van der Waals surface area contributed by atoms with Crippen LogP contribution >= 0.6 is 0 Å². The molecule has 0 saturated carbocycles. The second kappa shape index (κ2) is 5.84. The fourth-order valence-corrected chi connectivity index (χ4v) is 2.22. The number of allylic oxidation sites excluding steroid dienone is 1. The van der Waals surface area contributed by atoms with Crippen molar-refractivity contribution in [2.45, 2.75) is 13.5 Å². The molecule has 3 nitrogen and oxygen atoms in total. The van der Waals surface area contributed by atoms with Crippen molar-refractivity contribution < 1.29 is 13.3 Å². The Hall–Kier alpha value is -1.10. The van der Waals surface area contributed by atoms with Gasteiger partial charge in [-0.05, 0) is 13.0 Å². The van der Waals surface area contributed by atoms with Gasteiger partial charge >= 0.3 is 8.80 Å². The lowest BCUT2D eigenvalue weighted by atomic mass is 10.2. The molecule has 16 heavy (non-hydrogen) atoms. The SMILES string of the molecule is CC=C(O[Si](C)(OC)OC)c1ccccc1. The Bertz CT molecular complexity index is 345. The van der Waals surface area contributed by atoms with E-state index in [1.165, 1.54) is 0 Å². The third-order valence-electron chi connectivity index (χ3n) is 2.36. The summed E-state index contributed by atoms with van der Waals surface area (Å²) in [5.74, 6) is 0.790. The first-order valence-corrected chi connectivity index (χ1v) is 7.38. The average Bonchev–Trinajstić information content (AvgIpc) is 2.36. The van der Waals surface area contributed by atoms with Crippen LogP contribution in [0.4, 0.5) is 0 Å². The number of hydrogen-bond acceptors (Lipinski definition) is 3. The second-order valence-electron chi connectivity index (χ2n) is 3.39. The molecule has 0 saturated heterocycles. The lowest BCUT2D eigenvalue weighted by Gasteiger charge is -2.24.